The van der Waals surface area contributed by atoms with Crippen molar-refractivity contribution in [1.82, 2.24) is 0 Å². The van der Waals surface area contributed by atoms with E-state index in [4.69, 9.17) is 5.26 Å². The van der Waals surface area contributed by atoms with E-state index in [9.17, 15) is 4.79 Å². The minimum atomic E-state index is -0.107. The molecule has 0 aromatic heterocycles. The standard InChI is InChI=1S/C17H17N3O/c1-13-3-2-4-16(11-13)19-12-17(21)20-15-7-5-14(6-8-15)9-10-18/h2-8,11,19H,9,12H2,1H3,(H,20,21). The van der Waals surface area contributed by atoms with Crippen molar-refractivity contribution in [3.05, 3.63) is 59.7 Å². The van der Waals surface area contributed by atoms with Gasteiger partial charge in [0, 0.05) is 11.4 Å². The maximum Gasteiger partial charge on any atom is 0.243 e. The van der Waals surface area contributed by atoms with Gasteiger partial charge in [-0.1, -0.05) is 24.3 Å². The molecule has 0 spiro atoms. The van der Waals surface area contributed by atoms with E-state index in [1.54, 1.807) is 12.1 Å². The number of hydrogen-bond acceptors (Lipinski definition) is 3. The average Bonchev–Trinajstić information content (AvgIpc) is 2.48. The molecule has 0 saturated heterocycles. The molecular weight excluding hydrogens is 262 g/mol. The van der Waals surface area contributed by atoms with Crippen molar-refractivity contribution in [1.29, 1.82) is 5.26 Å². The minimum absolute atomic E-state index is 0.107. The Balaban J connectivity index is 1.85. The van der Waals surface area contributed by atoms with Gasteiger partial charge < -0.3 is 10.6 Å². The Kier molecular flexibility index (Phi) is 4.94. The van der Waals surface area contributed by atoms with Gasteiger partial charge >= 0.3 is 0 Å². The summed E-state index contributed by atoms with van der Waals surface area (Å²) < 4.78 is 0. The van der Waals surface area contributed by atoms with E-state index < -0.39 is 0 Å². The number of aryl methyl sites for hydroxylation is 1. The Hall–Kier alpha value is -2.80. The summed E-state index contributed by atoms with van der Waals surface area (Å²) in [6, 6.07) is 17.2. The van der Waals surface area contributed by atoms with Gasteiger partial charge in [0.05, 0.1) is 19.0 Å². The number of rotatable bonds is 5. The van der Waals surface area contributed by atoms with Crippen LogP contribution in [0.4, 0.5) is 11.4 Å². The zero-order valence-corrected chi connectivity index (χ0v) is 11.9. The fourth-order valence-electron chi connectivity index (χ4n) is 1.94. The highest BCUT2D eigenvalue weighted by Crippen LogP contribution is 2.11. The van der Waals surface area contributed by atoms with Crippen LogP contribution in [0.5, 0.6) is 0 Å². The van der Waals surface area contributed by atoms with Crippen LogP contribution in [0.2, 0.25) is 0 Å². The van der Waals surface area contributed by atoms with Gasteiger partial charge in [-0.25, -0.2) is 0 Å². The van der Waals surface area contributed by atoms with Crippen molar-refractivity contribution < 1.29 is 4.79 Å². The van der Waals surface area contributed by atoms with E-state index in [1.165, 1.54) is 0 Å². The monoisotopic (exact) mass is 279 g/mol. The maximum absolute atomic E-state index is 11.9. The molecule has 4 heteroatoms. The van der Waals surface area contributed by atoms with Gasteiger partial charge in [-0.15, -0.1) is 0 Å². The SMILES string of the molecule is Cc1cccc(NCC(=O)Nc2ccc(CC#N)cc2)c1. The highest BCUT2D eigenvalue weighted by molar-refractivity contribution is 5.93. The lowest BCUT2D eigenvalue weighted by Gasteiger charge is -2.08. The number of benzene rings is 2. The molecule has 1 amide bonds. The molecule has 0 unspecified atom stereocenters. The van der Waals surface area contributed by atoms with E-state index in [0.717, 1.165) is 22.5 Å². The molecule has 0 radical (unpaired) electrons. The molecule has 0 atom stereocenters. The largest absolute Gasteiger partial charge is 0.376 e. The van der Waals surface area contributed by atoms with Crippen LogP contribution in [-0.4, -0.2) is 12.5 Å². The first-order valence-electron chi connectivity index (χ1n) is 6.73. The Morgan fingerprint density at radius 1 is 1.14 bits per heavy atom. The molecule has 0 aliphatic heterocycles. The zero-order chi connectivity index (χ0) is 15.1. The van der Waals surface area contributed by atoms with Crippen LogP contribution in [0, 0.1) is 18.3 Å². The maximum atomic E-state index is 11.9. The number of hydrogen-bond donors (Lipinski definition) is 2. The first-order valence-corrected chi connectivity index (χ1v) is 6.73. The summed E-state index contributed by atoms with van der Waals surface area (Å²) in [4.78, 5) is 11.9. The highest BCUT2D eigenvalue weighted by Gasteiger charge is 2.02. The molecule has 21 heavy (non-hydrogen) atoms. The van der Waals surface area contributed by atoms with Crippen LogP contribution in [0.15, 0.2) is 48.5 Å². The van der Waals surface area contributed by atoms with Crippen molar-refractivity contribution in [3.63, 3.8) is 0 Å². The second-order valence-corrected chi connectivity index (χ2v) is 4.80. The van der Waals surface area contributed by atoms with Gasteiger partial charge in [-0.3, -0.25) is 4.79 Å². The molecule has 0 fully saturated rings. The van der Waals surface area contributed by atoms with Crippen molar-refractivity contribution in [2.24, 2.45) is 0 Å². The van der Waals surface area contributed by atoms with Gasteiger partial charge in [0.25, 0.3) is 0 Å². The van der Waals surface area contributed by atoms with Crippen LogP contribution in [0.25, 0.3) is 0 Å². The molecule has 0 aliphatic carbocycles. The van der Waals surface area contributed by atoms with Crippen LogP contribution in [0.3, 0.4) is 0 Å². The molecule has 4 nitrogen and oxygen atoms in total. The lowest BCUT2D eigenvalue weighted by molar-refractivity contribution is -0.114. The van der Waals surface area contributed by atoms with E-state index in [2.05, 4.69) is 16.7 Å². The third kappa shape index (κ3) is 4.66. The molecule has 0 saturated carbocycles. The fraction of sp³-hybridized carbons (Fsp3) is 0.176. The number of anilines is 2. The van der Waals surface area contributed by atoms with Crippen molar-refractivity contribution in [3.8, 4) is 6.07 Å². The smallest absolute Gasteiger partial charge is 0.243 e. The summed E-state index contributed by atoms with van der Waals surface area (Å²) in [7, 11) is 0. The summed E-state index contributed by atoms with van der Waals surface area (Å²) in [5.74, 6) is -0.107. The van der Waals surface area contributed by atoms with Gasteiger partial charge in [-0.05, 0) is 42.3 Å². The Morgan fingerprint density at radius 3 is 2.57 bits per heavy atom. The Morgan fingerprint density at radius 2 is 1.90 bits per heavy atom. The topological polar surface area (TPSA) is 64.9 Å². The van der Waals surface area contributed by atoms with Gasteiger partial charge in [0.2, 0.25) is 5.91 Å². The molecule has 106 valence electrons. The summed E-state index contributed by atoms with van der Waals surface area (Å²) in [6.45, 7) is 2.22. The van der Waals surface area contributed by atoms with E-state index >= 15 is 0 Å². The summed E-state index contributed by atoms with van der Waals surface area (Å²) in [5.41, 5.74) is 3.74. The first kappa shape index (κ1) is 14.6. The number of nitrogens with zero attached hydrogens (tertiary/aromatic N) is 1. The third-order valence-electron chi connectivity index (χ3n) is 2.99. The van der Waals surface area contributed by atoms with E-state index in [-0.39, 0.29) is 12.5 Å². The van der Waals surface area contributed by atoms with Gasteiger partial charge in [0.15, 0.2) is 0 Å². The summed E-state index contributed by atoms with van der Waals surface area (Å²) in [6.07, 6.45) is 0.378. The number of carbonyl (C=O) groups excluding carboxylic acids is 1. The highest BCUT2D eigenvalue weighted by atomic mass is 16.1. The first-order chi connectivity index (χ1) is 10.2. The second-order valence-electron chi connectivity index (χ2n) is 4.80. The average molecular weight is 279 g/mol. The summed E-state index contributed by atoms with van der Waals surface area (Å²) in [5, 5.41) is 14.5. The molecular formula is C17H17N3O. The van der Waals surface area contributed by atoms with Gasteiger partial charge in [-0.2, -0.15) is 5.26 Å². The number of amides is 1. The molecule has 0 bridgehead atoms. The molecule has 2 aromatic rings. The predicted molar refractivity (Wildman–Crippen MR) is 84.1 cm³/mol. The quantitative estimate of drug-likeness (QED) is 0.883. The van der Waals surface area contributed by atoms with E-state index in [0.29, 0.717) is 6.42 Å². The van der Waals surface area contributed by atoms with Crippen molar-refractivity contribution in [2.75, 3.05) is 17.2 Å². The van der Waals surface area contributed by atoms with Crippen molar-refractivity contribution in [2.45, 2.75) is 13.3 Å². The van der Waals surface area contributed by atoms with Crippen LogP contribution in [0.1, 0.15) is 11.1 Å². The molecule has 2 N–H and O–H groups in total. The lowest BCUT2D eigenvalue weighted by Crippen LogP contribution is -2.21. The number of nitriles is 1. The van der Waals surface area contributed by atoms with Gasteiger partial charge in [0.1, 0.15) is 0 Å². The Bertz CT molecular complexity index is 656. The molecule has 0 aliphatic rings. The second kappa shape index (κ2) is 7.11. The molecule has 2 rings (SSSR count). The third-order valence-corrected chi connectivity index (χ3v) is 2.99. The van der Waals surface area contributed by atoms with Crippen LogP contribution >= 0.6 is 0 Å². The van der Waals surface area contributed by atoms with Crippen molar-refractivity contribution >= 4 is 17.3 Å². The summed E-state index contributed by atoms with van der Waals surface area (Å²) >= 11 is 0. The fourth-order valence-corrected chi connectivity index (χ4v) is 1.94. The predicted octanol–water partition coefficient (Wildman–Crippen LogP) is 3.11. The van der Waals surface area contributed by atoms with Crippen LogP contribution < -0.4 is 10.6 Å². The minimum Gasteiger partial charge on any atom is -0.376 e. The Labute approximate surface area is 124 Å². The lowest BCUT2D eigenvalue weighted by atomic mass is 10.1. The van der Waals surface area contributed by atoms with Crippen LogP contribution in [-0.2, 0) is 11.2 Å². The van der Waals surface area contributed by atoms with E-state index in [1.807, 2.05) is 43.3 Å². The molecule has 2 aromatic carbocycles. The normalized spacial score (nSPS) is 9.71. The number of carbonyl (C=O) groups is 1. The number of nitrogens with one attached hydrogen (secondary N) is 2. The zero-order valence-electron chi connectivity index (χ0n) is 11.9. The molecule has 0 heterocycles.